The molecule has 0 aliphatic carbocycles. The highest BCUT2D eigenvalue weighted by Crippen LogP contribution is 2.25. The maximum Gasteiger partial charge on any atom is 0.318 e. The van der Waals surface area contributed by atoms with Crippen molar-refractivity contribution in [1.82, 2.24) is 0 Å². The van der Waals surface area contributed by atoms with Gasteiger partial charge in [-0.1, -0.05) is 0 Å². The zero-order valence-electron chi connectivity index (χ0n) is 6.66. The molecule has 1 amide bonds. The van der Waals surface area contributed by atoms with E-state index < -0.39 is 21.8 Å². The molecule has 0 unspecified atom stereocenters. The Labute approximate surface area is 82.6 Å². The van der Waals surface area contributed by atoms with Crippen molar-refractivity contribution in [1.29, 1.82) is 0 Å². The number of carbonyl (C=O) groups excluding carboxylic acids is 1. The highest BCUT2D eigenvalue weighted by atomic mass is 35.5. The van der Waals surface area contributed by atoms with Gasteiger partial charge in [-0.25, -0.2) is 4.39 Å². The predicted molar refractivity (Wildman–Crippen MR) is 47.9 cm³/mol. The highest BCUT2D eigenvalue weighted by Gasteiger charge is 2.15. The van der Waals surface area contributed by atoms with Gasteiger partial charge in [-0.05, 0) is 23.7 Å². The largest absolute Gasteiger partial charge is 0.318 e. The number of nitro groups is 1. The van der Waals surface area contributed by atoms with Gasteiger partial charge in [0.1, 0.15) is 11.5 Å². The van der Waals surface area contributed by atoms with Crippen LogP contribution in [0.1, 0.15) is 0 Å². The van der Waals surface area contributed by atoms with Crippen molar-refractivity contribution in [3.05, 3.63) is 34.1 Å². The van der Waals surface area contributed by atoms with Crippen LogP contribution >= 0.6 is 11.6 Å². The summed E-state index contributed by atoms with van der Waals surface area (Å²) >= 11 is 4.96. The molecule has 0 aliphatic heterocycles. The predicted octanol–water partition coefficient (Wildman–Crippen LogP) is 2.50. The summed E-state index contributed by atoms with van der Waals surface area (Å²) in [6.45, 7) is 0. The zero-order chi connectivity index (χ0) is 10.7. The Morgan fingerprint density at radius 1 is 1.57 bits per heavy atom. The number of hydrogen-bond donors (Lipinski definition) is 1. The van der Waals surface area contributed by atoms with Gasteiger partial charge < -0.3 is 5.32 Å². The standard InChI is InChI=1S/C7H4ClFN2O3/c8-7(12)10-5-2-1-4(9)3-6(5)11(13)14/h1-3H,(H,10,12). The molecule has 5 nitrogen and oxygen atoms in total. The van der Waals surface area contributed by atoms with Crippen molar-refractivity contribution in [3.8, 4) is 0 Å². The van der Waals surface area contributed by atoms with E-state index in [1.54, 1.807) is 0 Å². The van der Waals surface area contributed by atoms with Crippen molar-refractivity contribution >= 4 is 28.3 Å². The molecule has 1 rings (SSSR count). The Bertz CT molecular complexity index is 397. The number of anilines is 1. The van der Waals surface area contributed by atoms with Gasteiger partial charge in [-0.15, -0.1) is 0 Å². The van der Waals surface area contributed by atoms with Gasteiger partial charge in [0.25, 0.3) is 5.69 Å². The molecule has 1 aromatic rings. The molecule has 0 saturated carbocycles. The van der Waals surface area contributed by atoms with E-state index in [4.69, 9.17) is 11.6 Å². The number of halogens is 2. The van der Waals surface area contributed by atoms with E-state index >= 15 is 0 Å². The molecule has 0 saturated heterocycles. The summed E-state index contributed by atoms with van der Waals surface area (Å²) in [5, 5.41) is 11.4. The minimum absolute atomic E-state index is 0.142. The van der Waals surface area contributed by atoms with E-state index in [0.29, 0.717) is 6.07 Å². The first-order chi connectivity index (χ1) is 6.50. The van der Waals surface area contributed by atoms with Crippen molar-refractivity contribution in [2.24, 2.45) is 0 Å². The second-order valence-corrected chi connectivity index (χ2v) is 2.66. The number of rotatable bonds is 2. The number of benzene rings is 1. The lowest BCUT2D eigenvalue weighted by Crippen LogP contribution is -2.04. The first-order valence-corrected chi connectivity index (χ1v) is 3.79. The van der Waals surface area contributed by atoms with Crippen molar-refractivity contribution in [3.63, 3.8) is 0 Å². The van der Waals surface area contributed by atoms with E-state index in [1.165, 1.54) is 0 Å². The van der Waals surface area contributed by atoms with Gasteiger partial charge in [0, 0.05) is 0 Å². The first-order valence-electron chi connectivity index (χ1n) is 3.41. The van der Waals surface area contributed by atoms with Crippen LogP contribution in [0.5, 0.6) is 0 Å². The molecule has 0 bridgehead atoms. The lowest BCUT2D eigenvalue weighted by molar-refractivity contribution is -0.384. The Morgan fingerprint density at radius 3 is 2.71 bits per heavy atom. The van der Waals surface area contributed by atoms with Gasteiger partial charge in [0.2, 0.25) is 0 Å². The molecule has 14 heavy (non-hydrogen) atoms. The van der Waals surface area contributed by atoms with Crippen LogP contribution in [0.4, 0.5) is 20.6 Å². The summed E-state index contributed by atoms with van der Waals surface area (Å²) < 4.78 is 12.6. The highest BCUT2D eigenvalue weighted by molar-refractivity contribution is 6.65. The summed E-state index contributed by atoms with van der Waals surface area (Å²) in [5.74, 6) is -0.760. The van der Waals surface area contributed by atoms with Crippen molar-refractivity contribution in [2.45, 2.75) is 0 Å². The Balaban J connectivity index is 3.14. The van der Waals surface area contributed by atoms with Crippen LogP contribution in [0.2, 0.25) is 0 Å². The third kappa shape index (κ3) is 2.40. The van der Waals surface area contributed by atoms with E-state index in [9.17, 15) is 19.3 Å². The fourth-order valence-electron chi connectivity index (χ4n) is 0.867. The molecule has 1 aromatic carbocycles. The normalized spacial score (nSPS) is 9.57. The molecule has 0 aromatic heterocycles. The van der Waals surface area contributed by atoms with E-state index in [1.807, 2.05) is 5.32 Å². The monoisotopic (exact) mass is 218 g/mol. The molecule has 0 spiro atoms. The van der Waals surface area contributed by atoms with Crippen LogP contribution < -0.4 is 5.32 Å². The smallest absolute Gasteiger partial charge is 0.307 e. The number of hydrogen-bond acceptors (Lipinski definition) is 3. The minimum atomic E-state index is -0.972. The quantitative estimate of drug-likeness (QED) is 0.359. The van der Waals surface area contributed by atoms with E-state index in [0.717, 1.165) is 12.1 Å². The summed E-state index contributed by atoms with van der Waals surface area (Å²) in [6, 6.07) is 2.74. The summed E-state index contributed by atoms with van der Waals surface area (Å²) in [5.41, 5.74) is -0.685. The maximum absolute atomic E-state index is 12.6. The van der Waals surface area contributed by atoms with Crippen molar-refractivity contribution < 1.29 is 14.1 Å². The summed E-state index contributed by atoms with van der Waals surface area (Å²) in [6.07, 6.45) is 0. The topological polar surface area (TPSA) is 72.2 Å². The first kappa shape index (κ1) is 10.4. The summed E-state index contributed by atoms with van der Waals surface area (Å²) in [4.78, 5) is 20.0. The second-order valence-electron chi connectivity index (χ2n) is 2.32. The van der Waals surface area contributed by atoms with Gasteiger partial charge in [-0.3, -0.25) is 14.9 Å². The lowest BCUT2D eigenvalue weighted by atomic mass is 10.2. The number of nitrogens with one attached hydrogen (secondary N) is 1. The third-order valence-electron chi connectivity index (χ3n) is 1.39. The fraction of sp³-hybridized carbons (Fsp3) is 0. The average molecular weight is 219 g/mol. The number of carbonyl (C=O) groups is 1. The van der Waals surface area contributed by atoms with Gasteiger partial charge in [0.05, 0.1) is 11.0 Å². The second kappa shape index (κ2) is 4.01. The van der Waals surface area contributed by atoms with Crippen LogP contribution in [-0.2, 0) is 0 Å². The number of nitrogens with zero attached hydrogens (tertiary/aromatic N) is 1. The molecular weight excluding hydrogens is 215 g/mol. The molecule has 74 valence electrons. The van der Waals surface area contributed by atoms with Crippen LogP contribution in [0.25, 0.3) is 0 Å². The van der Waals surface area contributed by atoms with Crippen LogP contribution in [0.15, 0.2) is 18.2 Å². The molecule has 0 atom stereocenters. The Hall–Kier alpha value is -1.69. The number of nitro benzene ring substituents is 1. The lowest BCUT2D eigenvalue weighted by Gasteiger charge is -2.01. The van der Waals surface area contributed by atoms with Gasteiger partial charge in [0.15, 0.2) is 0 Å². The molecule has 7 heteroatoms. The molecule has 0 heterocycles. The minimum Gasteiger partial charge on any atom is -0.307 e. The van der Waals surface area contributed by atoms with Gasteiger partial charge in [-0.2, -0.15) is 0 Å². The molecule has 0 fully saturated rings. The van der Waals surface area contributed by atoms with E-state index in [-0.39, 0.29) is 5.69 Å². The Morgan fingerprint density at radius 2 is 2.21 bits per heavy atom. The third-order valence-corrected chi connectivity index (χ3v) is 1.48. The Kier molecular flexibility index (Phi) is 2.98. The average Bonchev–Trinajstić information content (AvgIpc) is 2.07. The maximum atomic E-state index is 12.6. The molecule has 0 radical (unpaired) electrons. The van der Waals surface area contributed by atoms with Crippen molar-refractivity contribution in [2.75, 3.05) is 5.32 Å². The van der Waals surface area contributed by atoms with E-state index in [2.05, 4.69) is 0 Å². The zero-order valence-corrected chi connectivity index (χ0v) is 7.42. The molecule has 1 N–H and O–H groups in total. The summed E-state index contributed by atoms with van der Waals surface area (Å²) in [7, 11) is 0. The number of amides is 1. The molecule has 0 aliphatic rings. The van der Waals surface area contributed by atoms with Crippen LogP contribution in [-0.4, -0.2) is 10.3 Å². The SMILES string of the molecule is O=C(Cl)Nc1ccc(F)cc1[N+](=O)[O-]. The fourth-order valence-corrected chi connectivity index (χ4v) is 0.969. The van der Waals surface area contributed by atoms with Gasteiger partial charge >= 0.3 is 5.37 Å². The molecular formula is C7H4ClFN2O3. The van der Waals surface area contributed by atoms with Crippen LogP contribution in [0, 0.1) is 15.9 Å². The van der Waals surface area contributed by atoms with Crippen LogP contribution in [0.3, 0.4) is 0 Å².